The van der Waals surface area contributed by atoms with Gasteiger partial charge in [0.1, 0.15) is 0 Å². The lowest BCUT2D eigenvalue weighted by Crippen LogP contribution is -2.32. The fourth-order valence-electron chi connectivity index (χ4n) is 5.28. The van der Waals surface area contributed by atoms with E-state index in [0.717, 1.165) is 68.2 Å². The van der Waals surface area contributed by atoms with Crippen LogP contribution in [0.5, 0.6) is 0 Å². The van der Waals surface area contributed by atoms with Gasteiger partial charge in [-0.25, -0.2) is 4.79 Å². The first-order valence-electron chi connectivity index (χ1n) is 12.3. The number of amides is 1. The third kappa shape index (κ3) is 6.17. The summed E-state index contributed by atoms with van der Waals surface area (Å²) in [6.45, 7) is 5.85. The van der Waals surface area contributed by atoms with Gasteiger partial charge < -0.3 is 5.11 Å². The second-order valence-electron chi connectivity index (χ2n) is 9.49. The predicted octanol–water partition coefficient (Wildman–Crippen LogP) is 7.99. The normalized spacial score (nSPS) is 14.0. The molecule has 0 radical (unpaired) electrons. The Labute approximate surface area is 205 Å². The van der Waals surface area contributed by atoms with Gasteiger partial charge in [-0.3, -0.25) is 4.90 Å². The van der Waals surface area contributed by atoms with Crippen LogP contribution in [0.25, 0.3) is 0 Å². The molecule has 0 fully saturated rings. The maximum atomic E-state index is 13.4. The number of halogens is 3. The van der Waals surface area contributed by atoms with Crippen LogP contribution in [-0.2, 0) is 25.6 Å². The Morgan fingerprint density at radius 3 is 2.17 bits per heavy atom. The van der Waals surface area contributed by atoms with Gasteiger partial charge in [0.15, 0.2) is 0 Å². The van der Waals surface area contributed by atoms with Crippen molar-refractivity contribution in [2.45, 2.75) is 90.4 Å². The fraction of sp³-hybridized carbons (Fsp3) is 0.500. The number of alkyl halides is 3. The van der Waals surface area contributed by atoms with Crippen LogP contribution < -0.4 is 0 Å². The van der Waals surface area contributed by atoms with Gasteiger partial charge in [-0.2, -0.15) is 18.4 Å². The summed E-state index contributed by atoms with van der Waals surface area (Å²) in [7, 11) is 0. The number of carbonyl (C=O) groups is 1. The highest BCUT2D eigenvalue weighted by molar-refractivity contribution is 5.66. The number of carboxylic acid groups (broad SMARTS) is 1. The minimum Gasteiger partial charge on any atom is -0.465 e. The molecule has 2 aromatic carbocycles. The first-order valence-corrected chi connectivity index (χ1v) is 12.3. The van der Waals surface area contributed by atoms with Crippen molar-refractivity contribution in [2.75, 3.05) is 0 Å². The van der Waals surface area contributed by atoms with Crippen molar-refractivity contribution >= 4 is 6.09 Å². The number of hydrogen-bond donors (Lipinski definition) is 1. The van der Waals surface area contributed by atoms with E-state index in [2.05, 4.69) is 26.0 Å². The van der Waals surface area contributed by atoms with Crippen molar-refractivity contribution in [2.24, 2.45) is 0 Å². The largest absolute Gasteiger partial charge is 0.465 e. The second kappa shape index (κ2) is 11.2. The van der Waals surface area contributed by atoms with Crippen LogP contribution in [-0.4, -0.2) is 16.1 Å². The van der Waals surface area contributed by atoms with E-state index >= 15 is 0 Å². The number of rotatable bonds is 9. The Bertz CT molecular complexity index is 1100. The second-order valence-corrected chi connectivity index (χ2v) is 9.49. The molecule has 1 atom stereocenters. The average molecular weight is 487 g/mol. The van der Waals surface area contributed by atoms with Gasteiger partial charge in [-0.05, 0) is 91.0 Å². The molecule has 1 amide bonds. The zero-order valence-electron chi connectivity index (χ0n) is 20.6. The first kappa shape index (κ1) is 26.6. The number of aryl methyl sites for hydroxylation is 2. The maximum Gasteiger partial charge on any atom is 0.416 e. The van der Waals surface area contributed by atoms with Crippen LogP contribution in [0.1, 0.15) is 104 Å². The Morgan fingerprint density at radius 2 is 1.66 bits per heavy atom. The Hall–Kier alpha value is -3.01. The summed E-state index contributed by atoms with van der Waals surface area (Å²) in [5.41, 5.74) is 3.71. The Balaban J connectivity index is 2.05. The minimum atomic E-state index is -4.62. The molecule has 4 nitrogen and oxygen atoms in total. The molecule has 35 heavy (non-hydrogen) atoms. The molecule has 3 rings (SSSR count). The molecule has 0 aliphatic heterocycles. The van der Waals surface area contributed by atoms with Gasteiger partial charge in [0, 0.05) is 6.54 Å². The molecule has 1 aliphatic rings. The van der Waals surface area contributed by atoms with E-state index in [1.54, 1.807) is 6.07 Å². The molecule has 0 saturated carbocycles. The van der Waals surface area contributed by atoms with Crippen molar-refractivity contribution in [3.05, 3.63) is 69.3 Å². The topological polar surface area (TPSA) is 64.3 Å². The first-order chi connectivity index (χ1) is 16.6. The van der Waals surface area contributed by atoms with E-state index < -0.39 is 23.9 Å². The van der Waals surface area contributed by atoms with Crippen molar-refractivity contribution < 1.29 is 23.1 Å². The summed E-state index contributed by atoms with van der Waals surface area (Å²) >= 11 is 0. The van der Waals surface area contributed by atoms with Gasteiger partial charge in [-0.1, -0.05) is 38.8 Å². The van der Waals surface area contributed by atoms with E-state index in [0.29, 0.717) is 5.92 Å². The highest BCUT2D eigenvalue weighted by atomic mass is 19.4. The minimum absolute atomic E-state index is 0.142. The van der Waals surface area contributed by atoms with Crippen LogP contribution in [0, 0.1) is 11.3 Å². The number of nitriles is 1. The van der Waals surface area contributed by atoms with Gasteiger partial charge >= 0.3 is 12.3 Å². The zero-order valence-corrected chi connectivity index (χ0v) is 20.6. The molecule has 1 unspecified atom stereocenters. The number of hydrogen-bond acceptors (Lipinski definition) is 2. The van der Waals surface area contributed by atoms with Crippen LogP contribution >= 0.6 is 0 Å². The van der Waals surface area contributed by atoms with Gasteiger partial charge in [0.05, 0.1) is 23.2 Å². The standard InChI is InChI=1S/C28H33F3N2O2/c1-4-7-21(8-5-2)26-15-23-10-6-9-22(23)14-25(26)18(3)33(27(34)35)17-20-11-19(16-32)12-24(13-20)28(29,30)31/h11-15,18,21H,4-10,17H2,1-3H3,(H,34,35). The lowest BCUT2D eigenvalue weighted by atomic mass is 9.83. The van der Waals surface area contributed by atoms with Crippen molar-refractivity contribution in [1.82, 2.24) is 4.90 Å². The quantitative estimate of drug-likeness (QED) is 0.391. The molecular formula is C28H33F3N2O2. The molecular weight excluding hydrogens is 453 g/mol. The highest BCUT2D eigenvalue weighted by Gasteiger charge is 2.32. The molecule has 188 valence electrons. The highest BCUT2D eigenvalue weighted by Crippen LogP contribution is 2.39. The summed E-state index contributed by atoms with van der Waals surface area (Å²) < 4.78 is 40.1. The van der Waals surface area contributed by atoms with Crippen molar-refractivity contribution in [1.29, 1.82) is 5.26 Å². The van der Waals surface area contributed by atoms with Crippen molar-refractivity contribution in [3.63, 3.8) is 0 Å². The summed E-state index contributed by atoms with van der Waals surface area (Å²) in [6.07, 6.45) is 1.24. The van der Waals surface area contributed by atoms with Gasteiger partial charge in [0.25, 0.3) is 0 Å². The van der Waals surface area contributed by atoms with E-state index in [-0.39, 0.29) is 17.7 Å². The maximum absolute atomic E-state index is 13.4. The lowest BCUT2D eigenvalue weighted by molar-refractivity contribution is -0.137. The van der Waals surface area contributed by atoms with Gasteiger partial charge in [-0.15, -0.1) is 0 Å². The molecule has 0 bridgehead atoms. The summed E-state index contributed by atoms with van der Waals surface area (Å²) in [4.78, 5) is 13.5. The SMILES string of the molecule is CCCC(CCC)c1cc2c(cc1C(C)N(Cc1cc(C#N)cc(C(F)(F)F)c1)C(=O)O)CCC2. The molecule has 0 heterocycles. The predicted molar refractivity (Wildman–Crippen MR) is 129 cm³/mol. The molecule has 0 aromatic heterocycles. The number of nitrogens with zero attached hydrogens (tertiary/aromatic N) is 2. The fourth-order valence-corrected chi connectivity index (χ4v) is 5.28. The van der Waals surface area contributed by atoms with Crippen molar-refractivity contribution in [3.8, 4) is 6.07 Å². The van der Waals surface area contributed by atoms with E-state index in [1.807, 2.05) is 6.92 Å². The smallest absolute Gasteiger partial charge is 0.416 e. The summed E-state index contributed by atoms with van der Waals surface area (Å²) in [5, 5.41) is 19.3. The molecule has 1 aliphatic carbocycles. The lowest BCUT2D eigenvalue weighted by Gasteiger charge is -2.31. The third-order valence-corrected chi connectivity index (χ3v) is 6.98. The number of benzene rings is 2. The van der Waals surface area contributed by atoms with E-state index in [9.17, 15) is 28.3 Å². The van der Waals surface area contributed by atoms with E-state index in [4.69, 9.17) is 0 Å². The van der Waals surface area contributed by atoms with E-state index in [1.165, 1.54) is 22.1 Å². The average Bonchev–Trinajstić information content (AvgIpc) is 3.27. The van der Waals surface area contributed by atoms with Crippen LogP contribution in [0.4, 0.5) is 18.0 Å². The van der Waals surface area contributed by atoms with Gasteiger partial charge in [0.2, 0.25) is 0 Å². The molecule has 7 heteroatoms. The third-order valence-electron chi connectivity index (χ3n) is 6.98. The Morgan fingerprint density at radius 1 is 1.06 bits per heavy atom. The molecule has 1 N–H and O–H groups in total. The van der Waals surface area contributed by atoms with Crippen LogP contribution in [0.2, 0.25) is 0 Å². The van der Waals surface area contributed by atoms with Crippen LogP contribution in [0.15, 0.2) is 30.3 Å². The Kier molecular flexibility index (Phi) is 8.47. The molecule has 2 aromatic rings. The zero-order chi connectivity index (χ0) is 25.8. The van der Waals surface area contributed by atoms with Crippen LogP contribution in [0.3, 0.4) is 0 Å². The summed E-state index contributed by atoms with van der Waals surface area (Å²) in [5.74, 6) is 0.308. The molecule has 0 spiro atoms. The molecule has 0 saturated heterocycles. The summed E-state index contributed by atoms with van der Waals surface area (Å²) in [6, 6.07) is 8.64. The number of fused-ring (bicyclic) bond motifs is 1. The monoisotopic (exact) mass is 486 g/mol.